The van der Waals surface area contributed by atoms with Crippen LogP contribution in [0.2, 0.25) is 0 Å². The summed E-state index contributed by atoms with van der Waals surface area (Å²) in [6, 6.07) is 4.23. The maximum absolute atomic E-state index is 12.6. The molecule has 5 nitrogen and oxygen atoms in total. The van der Waals surface area contributed by atoms with Crippen molar-refractivity contribution in [2.45, 2.75) is 31.2 Å². The molecule has 20 heavy (non-hydrogen) atoms. The van der Waals surface area contributed by atoms with E-state index < -0.39 is 22.0 Å². The van der Waals surface area contributed by atoms with E-state index in [0.717, 1.165) is 0 Å². The summed E-state index contributed by atoms with van der Waals surface area (Å²) < 4.78 is 27.6. The van der Waals surface area contributed by atoms with Crippen LogP contribution in [0, 0.1) is 0 Å². The third kappa shape index (κ3) is 4.03. The van der Waals surface area contributed by atoms with E-state index in [2.05, 4.69) is 31.9 Å². The molecule has 0 fully saturated rings. The number of hydrogen-bond acceptors (Lipinski definition) is 3. The van der Waals surface area contributed by atoms with Crippen molar-refractivity contribution in [2.75, 3.05) is 6.54 Å². The molecule has 8 heteroatoms. The Morgan fingerprint density at radius 2 is 2.00 bits per heavy atom. The summed E-state index contributed by atoms with van der Waals surface area (Å²) in [5.41, 5.74) is 0. The molecule has 1 atom stereocenters. The van der Waals surface area contributed by atoms with Gasteiger partial charge in [-0.2, -0.15) is 4.31 Å². The molecule has 0 aliphatic carbocycles. The van der Waals surface area contributed by atoms with Crippen LogP contribution >= 0.6 is 31.9 Å². The molecule has 0 saturated carbocycles. The van der Waals surface area contributed by atoms with Crippen molar-refractivity contribution >= 4 is 47.9 Å². The first-order valence-electron chi connectivity index (χ1n) is 5.88. The topological polar surface area (TPSA) is 74.7 Å². The van der Waals surface area contributed by atoms with E-state index in [-0.39, 0.29) is 17.9 Å². The van der Waals surface area contributed by atoms with Crippen molar-refractivity contribution in [3.05, 3.63) is 27.1 Å². The SMILES string of the molecule is CCN(C(C)CC(=O)O)S(=O)(=O)c1cc(Br)ccc1Br. The largest absolute Gasteiger partial charge is 0.481 e. The third-order valence-electron chi connectivity index (χ3n) is 2.75. The van der Waals surface area contributed by atoms with Gasteiger partial charge in [0.1, 0.15) is 0 Å². The van der Waals surface area contributed by atoms with E-state index in [1.807, 2.05) is 0 Å². The zero-order chi connectivity index (χ0) is 15.5. The Morgan fingerprint density at radius 3 is 2.50 bits per heavy atom. The molecule has 1 N–H and O–H groups in total. The molecular weight excluding hydrogens is 414 g/mol. The minimum absolute atomic E-state index is 0.117. The summed E-state index contributed by atoms with van der Waals surface area (Å²) >= 11 is 6.46. The van der Waals surface area contributed by atoms with E-state index in [0.29, 0.717) is 8.95 Å². The second-order valence-electron chi connectivity index (χ2n) is 4.23. The predicted octanol–water partition coefficient (Wildman–Crippen LogP) is 3.09. The van der Waals surface area contributed by atoms with Crippen LogP contribution in [0.1, 0.15) is 20.3 Å². The normalized spacial score (nSPS) is 13.4. The summed E-state index contributed by atoms with van der Waals surface area (Å²) in [5, 5.41) is 8.83. The zero-order valence-electron chi connectivity index (χ0n) is 11.0. The number of aliphatic carboxylic acids is 1. The number of carbonyl (C=O) groups is 1. The highest BCUT2D eigenvalue weighted by Crippen LogP contribution is 2.29. The molecular formula is C12H15Br2NO4S. The number of halogens is 2. The Kier molecular flexibility index (Phi) is 6.18. The van der Waals surface area contributed by atoms with Crippen LogP contribution in [0.25, 0.3) is 0 Å². The van der Waals surface area contributed by atoms with E-state index in [4.69, 9.17) is 5.11 Å². The van der Waals surface area contributed by atoms with Crippen molar-refractivity contribution in [1.29, 1.82) is 0 Å². The Labute approximate surface area is 135 Å². The highest BCUT2D eigenvalue weighted by molar-refractivity contribution is 9.11. The quantitative estimate of drug-likeness (QED) is 0.755. The summed E-state index contributed by atoms with van der Waals surface area (Å²) in [6.45, 7) is 3.47. The molecule has 0 aliphatic heterocycles. The highest BCUT2D eigenvalue weighted by Gasteiger charge is 2.30. The van der Waals surface area contributed by atoms with Crippen LogP contribution in [0.3, 0.4) is 0 Å². The van der Waals surface area contributed by atoms with Gasteiger partial charge in [0, 0.05) is 21.5 Å². The van der Waals surface area contributed by atoms with Crippen LogP contribution in [0.5, 0.6) is 0 Å². The zero-order valence-corrected chi connectivity index (χ0v) is 15.0. The maximum Gasteiger partial charge on any atom is 0.304 e. The average molecular weight is 429 g/mol. The van der Waals surface area contributed by atoms with Crippen molar-refractivity contribution < 1.29 is 18.3 Å². The summed E-state index contributed by atoms with van der Waals surface area (Å²) in [4.78, 5) is 10.9. The molecule has 0 heterocycles. The summed E-state index contributed by atoms with van der Waals surface area (Å²) in [5.74, 6) is -1.03. The van der Waals surface area contributed by atoms with Gasteiger partial charge in [0.05, 0.1) is 11.3 Å². The van der Waals surface area contributed by atoms with Gasteiger partial charge in [-0.1, -0.05) is 22.9 Å². The van der Waals surface area contributed by atoms with Crippen molar-refractivity contribution in [3.8, 4) is 0 Å². The van der Waals surface area contributed by atoms with Crippen LogP contribution in [0.4, 0.5) is 0 Å². The van der Waals surface area contributed by atoms with E-state index in [1.54, 1.807) is 26.0 Å². The van der Waals surface area contributed by atoms with Gasteiger partial charge >= 0.3 is 5.97 Å². The third-order valence-corrected chi connectivity index (χ3v) is 6.33. The number of nitrogens with zero attached hydrogens (tertiary/aromatic N) is 1. The molecule has 0 bridgehead atoms. The molecule has 0 aliphatic rings. The number of sulfonamides is 1. The van der Waals surface area contributed by atoms with Gasteiger partial charge in [-0.3, -0.25) is 4.79 Å². The first-order chi connectivity index (χ1) is 9.20. The van der Waals surface area contributed by atoms with Gasteiger partial charge in [0.15, 0.2) is 0 Å². The molecule has 1 aromatic rings. The second-order valence-corrected chi connectivity index (χ2v) is 7.86. The summed E-state index contributed by atoms with van der Waals surface area (Å²) in [7, 11) is -3.76. The Hall–Kier alpha value is -0.440. The van der Waals surface area contributed by atoms with Crippen LogP contribution in [-0.4, -0.2) is 36.4 Å². The number of rotatable bonds is 6. The van der Waals surface area contributed by atoms with Gasteiger partial charge in [0.2, 0.25) is 10.0 Å². The first kappa shape index (κ1) is 17.6. The second kappa shape index (κ2) is 7.02. The minimum Gasteiger partial charge on any atom is -0.481 e. The number of carboxylic acid groups (broad SMARTS) is 1. The molecule has 1 unspecified atom stereocenters. The van der Waals surface area contributed by atoms with Crippen molar-refractivity contribution in [3.63, 3.8) is 0 Å². The van der Waals surface area contributed by atoms with Gasteiger partial charge in [-0.15, -0.1) is 0 Å². The van der Waals surface area contributed by atoms with Crippen LogP contribution in [0.15, 0.2) is 32.0 Å². The summed E-state index contributed by atoms with van der Waals surface area (Å²) in [6.07, 6.45) is -0.237. The fraction of sp³-hybridized carbons (Fsp3) is 0.417. The van der Waals surface area contributed by atoms with Gasteiger partial charge in [-0.25, -0.2) is 8.42 Å². The molecule has 0 radical (unpaired) electrons. The molecule has 0 spiro atoms. The standard InChI is InChI=1S/C12H15Br2NO4S/c1-3-15(8(2)6-12(16)17)20(18,19)11-7-9(13)4-5-10(11)14/h4-5,7-8H,3,6H2,1-2H3,(H,16,17). The molecule has 0 amide bonds. The minimum atomic E-state index is -3.76. The number of benzene rings is 1. The fourth-order valence-electron chi connectivity index (χ4n) is 1.87. The van der Waals surface area contributed by atoms with E-state index in [1.165, 1.54) is 10.4 Å². The number of hydrogen-bond donors (Lipinski definition) is 1. The molecule has 1 aromatic carbocycles. The van der Waals surface area contributed by atoms with Gasteiger partial charge < -0.3 is 5.11 Å². The first-order valence-corrected chi connectivity index (χ1v) is 8.91. The van der Waals surface area contributed by atoms with Crippen LogP contribution in [-0.2, 0) is 14.8 Å². The smallest absolute Gasteiger partial charge is 0.304 e. The highest BCUT2D eigenvalue weighted by atomic mass is 79.9. The number of carboxylic acids is 1. The Balaban J connectivity index is 3.25. The van der Waals surface area contributed by atoms with Crippen molar-refractivity contribution in [2.24, 2.45) is 0 Å². The Morgan fingerprint density at radius 1 is 1.40 bits per heavy atom. The lowest BCUT2D eigenvalue weighted by molar-refractivity contribution is -0.137. The van der Waals surface area contributed by atoms with E-state index >= 15 is 0 Å². The van der Waals surface area contributed by atoms with Crippen LogP contribution < -0.4 is 0 Å². The predicted molar refractivity (Wildman–Crippen MR) is 83.1 cm³/mol. The van der Waals surface area contributed by atoms with Gasteiger partial charge in [0.25, 0.3) is 0 Å². The average Bonchev–Trinajstić information content (AvgIpc) is 2.31. The Bertz CT molecular complexity index is 603. The molecule has 1 rings (SSSR count). The van der Waals surface area contributed by atoms with Crippen molar-refractivity contribution in [1.82, 2.24) is 4.31 Å². The molecule has 112 valence electrons. The lowest BCUT2D eigenvalue weighted by Crippen LogP contribution is -2.39. The molecule has 0 saturated heterocycles. The maximum atomic E-state index is 12.6. The monoisotopic (exact) mass is 427 g/mol. The lowest BCUT2D eigenvalue weighted by atomic mass is 10.2. The molecule has 0 aromatic heterocycles. The van der Waals surface area contributed by atoms with E-state index in [9.17, 15) is 13.2 Å². The fourth-order valence-corrected chi connectivity index (χ4v) is 4.98. The lowest BCUT2D eigenvalue weighted by Gasteiger charge is -2.26. The van der Waals surface area contributed by atoms with Gasteiger partial charge in [-0.05, 0) is 41.1 Å².